The molecule has 1 N–H and O–H groups in total. The van der Waals surface area contributed by atoms with E-state index in [4.69, 9.17) is 9.84 Å². The van der Waals surface area contributed by atoms with Crippen LogP contribution < -0.4 is 29.6 Å². The van der Waals surface area contributed by atoms with E-state index in [1.165, 1.54) is 15.6 Å². The van der Waals surface area contributed by atoms with Gasteiger partial charge in [-0.05, 0) is 51.0 Å². The molecule has 0 bridgehead atoms. The number of rotatable bonds is 4. The van der Waals surface area contributed by atoms with Crippen molar-refractivity contribution in [3.8, 4) is 0 Å². The second-order valence-electron chi connectivity index (χ2n) is 5.77. The van der Waals surface area contributed by atoms with Crippen molar-refractivity contribution in [2.45, 2.75) is 51.8 Å². The smallest absolute Gasteiger partial charge is 1.00 e. The largest absolute Gasteiger partial charge is 1.00 e. The summed E-state index contributed by atoms with van der Waals surface area (Å²) in [5.74, 6) is 0. The van der Waals surface area contributed by atoms with Crippen LogP contribution >= 0.6 is 47.8 Å². The van der Waals surface area contributed by atoms with Crippen molar-refractivity contribution in [3.63, 3.8) is 0 Å². The van der Waals surface area contributed by atoms with Gasteiger partial charge < -0.3 is 11.3 Å². The molecule has 0 amide bonds. The Labute approximate surface area is 207 Å². The van der Waals surface area contributed by atoms with Crippen LogP contribution in [0.15, 0.2) is 57.5 Å². The van der Waals surface area contributed by atoms with Crippen molar-refractivity contribution >= 4 is 47.8 Å². The van der Waals surface area contributed by atoms with E-state index >= 15 is 0 Å². The fraction of sp³-hybridized carbons (Fsp3) is 0.400. The molecule has 2 nitrogen and oxygen atoms in total. The molecule has 2 aromatic rings. The number of aliphatic hydroxyl groups excluding tert-OH is 1. The molecule has 0 aliphatic carbocycles. The SMILES string of the molecule is BrCc1ccccc1Br.CC(C)O.CC(C)OCc1ccccc1Br.[H-].[Na+]. The molecule has 0 aliphatic rings. The van der Waals surface area contributed by atoms with Crippen molar-refractivity contribution < 1.29 is 40.8 Å². The fourth-order valence-corrected chi connectivity index (χ4v) is 3.17. The van der Waals surface area contributed by atoms with E-state index in [-0.39, 0.29) is 43.2 Å². The van der Waals surface area contributed by atoms with Crippen molar-refractivity contribution in [1.29, 1.82) is 0 Å². The third-order valence-corrected chi connectivity index (χ3v) is 4.78. The number of ether oxygens (including phenoxy) is 1. The van der Waals surface area contributed by atoms with Crippen LogP contribution in [-0.4, -0.2) is 17.3 Å². The van der Waals surface area contributed by atoms with Gasteiger partial charge in [-0.1, -0.05) is 84.2 Å². The standard InChI is InChI=1S/C10H13BrO.C7H6Br2.C3H8O.Na.H/c1-8(2)12-7-9-5-3-4-6-10(9)11;8-5-6-3-1-2-4-7(6)9;1-3(2)4;;/h3-6,8H,7H2,1-2H3;1-4H,5H2;3-4H,1-2H3;;/q;;;+1;-1. The third-order valence-electron chi connectivity index (χ3n) is 2.63. The summed E-state index contributed by atoms with van der Waals surface area (Å²) in [6, 6.07) is 16.3. The van der Waals surface area contributed by atoms with Gasteiger partial charge in [0.2, 0.25) is 0 Å². The van der Waals surface area contributed by atoms with Crippen LogP contribution in [0.5, 0.6) is 0 Å². The molecule has 0 atom stereocenters. The molecule has 2 aromatic carbocycles. The summed E-state index contributed by atoms with van der Waals surface area (Å²) >= 11 is 10.3. The first kappa shape index (κ1) is 29.0. The minimum absolute atomic E-state index is 0. The maximum Gasteiger partial charge on any atom is 1.00 e. The molecule has 142 valence electrons. The van der Waals surface area contributed by atoms with Crippen LogP contribution in [0.4, 0.5) is 0 Å². The van der Waals surface area contributed by atoms with Crippen LogP contribution in [-0.2, 0) is 16.7 Å². The Morgan fingerprint density at radius 3 is 1.58 bits per heavy atom. The quantitative estimate of drug-likeness (QED) is 0.447. The van der Waals surface area contributed by atoms with E-state index in [9.17, 15) is 0 Å². The summed E-state index contributed by atoms with van der Waals surface area (Å²) in [5, 5.41) is 8.97. The molecule has 2 rings (SSSR count). The minimum Gasteiger partial charge on any atom is -1.00 e. The summed E-state index contributed by atoms with van der Waals surface area (Å²) in [5.41, 5.74) is 2.49. The third kappa shape index (κ3) is 15.8. The van der Waals surface area contributed by atoms with Crippen molar-refractivity contribution in [2.24, 2.45) is 0 Å². The molecule has 0 aromatic heterocycles. The molecule has 0 fully saturated rings. The number of aliphatic hydroxyl groups is 1. The average molecular weight is 563 g/mol. The molecule has 0 spiro atoms. The first-order valence-electron chi connectivity index (χ1n) is 8.10. The molecule has 0 aliphatic heterocycles. The van der Waals surface area contributed by atoms with Crippen LogP contribution in [0.1, 0.15) is 40.2 Å². The van der Waals surface area contributed by atoms with Crippen molar-refractivity contribution in [3.05, 3.63) is 68.6 Å². The van der Waals surface area contributed by atoms with Crippen LogP contribution in [0, 0.1) is 0 Å². The molecule has 0 radical (unpaired) electrons. The second kappa shape index (κ2) is 17.9. The van der Waals surface area contributed by atoms with E-state index in [1.807, 2.05) is 50.2 Å². The van der Waals surface area contributed by atoms with Gasteiger partial charge in [-0.3, -0.25) is 0 Å². The molecular weight excluding hydrogens is 535 g/mol. The van der Waals surface area contributed by atoms with E-state index in [1.54, 1.807) is 13.8 Å². The summed E-state index contributed by atoms with van der Waals surface area (Å²) in [6.07, 6.45) is 0.122. The maximum atomic E-state index is 8.06. The molecule has 0 unspecified atom stereocenters. The number of hydrogen-bond acceptors (Lipinski definition) is 2. The average Bonchev–Trinajstić information content (AvgIpc) is 2.54. The molecule has 0 saturated heterocycles. The van der Waals surface area contributed by atoms with E-state index in [2.05, 4.69) is 59.9 Å². The van der Waals surface area contributed by atoms with Crippen LogP contribution in [0.2, 0.25) is 0 Å². The summed E-state index contributed by atoms with van der Waals surface area (Å²) in [7, 11) is 0. The molecular formula is C20H28Br3NaO2. The number of alkyl halides is 1. The Kier molecular flexibility index (Phi) is 19.9. The second-order valence-corrected chi connectivity index (χ2v) is 8.04. The monoisotopic (exact) mass is 560 g/mol. The number of halogens is 3. The Hall–Kier alpha value is 0.800. The van der Waals surface area contributed by atoms with Gasteiger partial charge in [-0.15, -0.1) is 0 Å². The van der Waals surface area contributed by atoms with Crippen molar-refractivity contribution in [2.75, 3.05) is 0 Å². The summed E-state index contributed by atoms with van der Waals surface area (Å²) < 4.78 is 7.76. The van der Waals surface area contributed by atoms with Gasteiger partial charge in [0.05, 0.1) is 12.7 Å². The first-order valence-corrected chi connectivity index (χ1v) is 10.8. The van der Waals surface area contributed by atoms with E-state index in [0.29, 0.717) is 6.61 Å². The van der Waals surface area contributed by atoms with Gasteiger partial charge in [0, 0.05) is 20.4 Å². The Morgan fingerprint density at radius 1 is 0.885 bits per heavy atom. The predicted octanol–water partition coefficient (Wildman–Crippen LogP) is 4.22. The van der Waals surface area contributed by atoms with Gasteiger partial charge in [-0.25, -0.2) is 0 Å². The summed E-state index contributed by atoms with van der Waals surface area (Å²) in [4.78, 5) is 0. The zero-order chi connectivity index (χ0) is 19.2. The summed E-state index contributed by atoms with van der Waals surface area (Å²) in [6.45, 7) is 8.20. The van der Waals surface area contributed by atoms with E-state index < -0.39 is 0 Å². The Bertz CT molecular complexity index is 596. The van der Waals surface area contributed by atoms with Gasteiger partial charge in [-0.2, -0.15) is 0 Å². The number of benzene rings is 2. The predicted molar refractivity (Wildman–Crippen MR) is 119 cm³/mol. The minimum atomic E-state index is -0.167. The molecule has 0 heterocycles. The number of hydrogen-bond donors (Lipinski definition) is 1. The molecule has 6 heteroatoms. The normalized spacial score (nSPS) is 9.62. The topological polar surface area (TPSA) is 29.5 Å². The van der Waals surface area contributed by atoms with Crippen LogP contribution in [0.3, 0.4) is 0 Å². The van der Waals surface area contributed by atoms with Crippen LogP contribution in [0.25, 0.3) is 0 Å². The molecule has 0 saturated carbocycles. The zero-order valence-corrected chi connectivity index (χ0v) is 22.9. The zero-order valence-electron chi connectivity index (χ0n) is 17.2. The van der Waals surface area contributed by atoms with Crippen molar-refractivity contribution in [1.82, 2.24) is 0 Å². The first-order chi connectivity index (χ1) is 11.8. The Morgan fingerprint density at radius 2 is 1.27 bits per heavy atom. The van der Waals surface area contributed by atoms with Gasteiger partial charge >= 0.3 is 29.6 Å². The Balaban J connectivity index is -0.000000343. The fourth-order valence-electron chi connectivity index (χ4n) is 1.48. The maximum absolute atomic E-state index is 8.06. The van der Waals surface area contributed by atoms with Gasteiger partial charge in [0.25, 0.3) is 0 Å². The van der Waals surface area contributed by atoms with Gasteiger partial charge in [0.15, 0.2) is 0 Å². The van der Waals surface area contributed by atoms with Gasteiger partial charge in [0.1, 0.15) is 0 Å². The molecule has 26 heavy (non-hydrogen) atoms. The van der Waals surface area contributed by atoms with E-state index in [0.717, 1.165) is 9.80 Å².